The van der Waals surface area contributed by atoms with E-state index in [2.05, 4.69) is 25.7 Å². The van der Waals surface area contributed by atoms with Crippen molar-refractivity contribution in [2.75, 3.05) is 19.0 Å². The number of hydrogen-bond donors (Lipinski definition) is 0. The standard InChI is InChI=1S/C15H19N3O2S2/c1-15(2,3)16-14-21-12(13(22-14)17(4)5)10-6-8-11(9-7-10)18(19)20/h6-9H,1-5H3. The van der Waals surface area contributed by atoms with Crippen LogP contribution in [0.2, 0.25) is 0 Å². The highest BCUT2D eigenvalue weighted by Crippen LogP contribution is 2.36. The van der Waals surface area contributed by atoms with Crippen LogP contribution in [0.25, 0.3) is 10.4 Å². The number of rotatable bonds is 3. The third-order valence-corrected chi connectivity index (χ3v) is 5.30. The molecule has 0 bridgehead atoms. The first-order valence-corrected chi connectivity index (χ1v) is 8.42. The number of nitro groups is 1. The molecule has 1 aromatic heterocycles. The lowest BCUT2D eigenvalue weighted by atomic mass is 10.1. The Morgan fingerprint density at radius 1 is 1.14 bits per heavy atom. The molecule has 0 spiro atoms. The quantitative estimate of drug-likeness (QED) is 0.624. The van der Waals surface area contributed by atoms with E-state index in [9.17, 15) is 10.1 Å². The van der Waals surface area contributed by atoms with Gasteiger partial charge < -0.3 is 4.90 Å². The Bertz CT molecular complexity index is 737. The first-order chi connectivity index (χ1) is 10.2. The predicted octanol–water partition coefficient (Wildman–Crippen LogP) is 4.15. The molecule has 0 unspecified atom stereocenters. The van der Waals surface area contributed by atoms with Gasteiger partial charge in [-0.05, 0) is 38.5 Å². The van der Waals surface area contributed by atoms with Gasteiger partial charge in [0.25, 0.3) is 5.69 Å². The minimum absolute atomic E-state index is 0.106. The van der Waals surface area contributed by atoms with Gasteiger partial charge in [-0.1, -0.05) is 11.3 Å². The van der Waals surface area contributed by atoms with E-state index in [1.165, 1.54) is 0 Å². The zero-order valence-electron chi connectivity index (χ0n) is 13.3. The van der Waals surface area contributed by atoms with Gasteiger partial charge in [-0.25, -0.2) is 0 Å². The van der Waals surface area contributed by atoms with E-state index in [1.807, 2.05) is 14.1 Å². The summed E-state index contributed by atoms with van der Waals surface area (Å²) in [6, 6.07) is 6.68. The summed E-state index contributed by atoms with van der Waals surface area (Å²) in [5.74, 6) is 0. The van der Waals surface area contributed by atoms with Gasteiger partial charge in [0.2, 0.25) is 0 Å². The first-order valence-electron chi connectivity index (χ1n) is 6.79. The minimum atomic E-state index is -0.381. The smallest absolute Gasteiger partial charge is 0.269 e. The Kier molecular flexibility index (Phi) is 4.67. The molecular weight excluding hydrogens is 318 g/mol. The van der Waals surface area contributed by atoms with Crippen molar-refractivity contribution >= 4 is 33.4 Å². The number of hydrogen-bond acceptors (Lipinski definition) is 6. The number of benzene rings is 1. The minimum Gasteiger partial charge on any atom is -0.368 e. The fourth-order valence-electron chi connectivity index (χ4n) is 1.81. The van der Waals surface area contributed by atoms with E-state index in [0.717, 1.165) is 19.4 Å². The lowest BCUT2D eigenvalue weighted by Gasteiger charge is -2.11. The Morgan fingerprint density at radius 2 is 1.73 bits per heavy atom. The molecule has 0 saturated heterocycles. The molecule has 0 aliphatic carbocycles. The van der Waals surface area contributed by atoms with Crippen LogP contribution in [0.15, 0.2) is 29.3 Å². The summed E-state index contributed by atoms with van der Waals surface area (Å²) in [6.45, 7) is 6.21. The topological polar surface area (TPSA) is 58.7 Å². The second kappa shape index (κ2) is 6.18. The van der Waals surface area contributed by atoms with Crippen LogP contribution < -0.4 is 8.88 Å². The monoisotopic (exact) mass is 337 g/mol. The molecule has 0 saturated carbocycles. The Hall–Kier alpha value is -1.73. The normalized spacial score (nSPS) is 12.5. The SMILES string of the molecule is CN(C)c1sc(=NC(C)(C)C)sc1-c1ccc([N+](=O)[O-])cc1. The van der Waals surface area contributed by atoms with Gasteiger partial charge in [0.15, 0.2) is 3.98 Å². The molecule has 22 heavy (non-hydrogen) atoms. The number of non-ortho nitro benzene ring substituents is 1. The van der Waals surface area contributed by atoms with Gasteiger partial charge in [-0.3, -0.25) is 15.1 Å². The Labute approximate surface area is 137 Å². The van der Waals surface area contributed by atoms with Gasteiger partial charge in [0, 0.05) is 26.2 Å². The van der Waals surface area contributed by atoms with Gasteiger partial charge in [0.1, 0.15) is 5.00 Å². The molecule has 0 fully saturated rings. The second-order valence-corrected chi connectivity index (χ2v) is 8.32. The van der Waals surface area contributed by atoms with Crippen molar-refractivity contribution in [1.29, 1.82) is 0 Å². The third-order valence-electron chi connectivity index (χ3n) is 2.74. The lowest BCUT2D eigenvalue weighted by Crippen LogP contribution is -2.13. The fourth-order valence-corrected chi connectivity index (χ4v) is 4.61. The molecule has 7 heteroatoms. The molecule has 5 nitrogen and oxygen atoms in total. The maximum Gasteiger partial charge on any atom is 0.269 e. The summed E-state index contributed by atoms with van der Waals surface area (Å²) < 4.78 is 1.00. The molecule has 0 aliphatic rings. The summed E-state index contributed by atoms with van der Waals surface area (Å²) in [7, 11) is 3.99. The van der Waals surface area contributed by atoms with Crippen molar-refractivity contribution in [3.8, 4) is 10.4 Å². The van der Waals surface area contributed by atoms with E-state index >= 15 is 0 Å². The summed E-state index contributed by atoms with van der Waals surface area (Å²) in [5.41, 5.74) is 0.957. The molecule has 2 aromatic rings. The summed E-state index contributed by atoms with van der Waals surface area (Å²) in [5, 5.41) is 11.9. The maximum absolute atomic E-state index is 10.8. The average molecular weight is 337 g/mol. The van der Waals surface area contributed by atoms with Crippen LogP contribution in [-0.2, 0) is 0 Å². The van der Waals surface area contributed by atoms with Crippen LogP contribution in [0, 0.1) is 10.1 Å². The molecule has 0 radical (unpaired) electrons. The lowest BCUT2D eigenvalue weighted by molar-refractivity contribution is -0.384. The molecule has 0 atom stereocenters. The molecule has 1 heterocycles. The van der Waals surface area contributed by atoms with E-state index < -0.39 is 0 Å². The second-order valence-electron chi connectivity index (χ2n) is 6.09. The van der Waals surface area contributed by atoms with Crippen molar-refractivity contribution in [2.45, 2.75) is 26.3 Å². The highest BCUT2D eigenvalue weighted by atomic mass is 32.2. The molecule has 1 aromatic carbocycles. The van der Waals surface area contributed by atoms with Crippen molar-refractivity contribution in [3.05, 3.63) is 38.4 Å². The number of nitrogens with zero attached hydrogens (tertiary/aromatic N) is 3. The molecule has 0 amide bonds. The average Bonchev–Trinajstić information content (AvgIpc) is 2.80. The van der Waals surface area contributed by atoms with Crippen molar-refractivity contribution in [2.24, 2.45) is 4.99 Å². The predicted molar refractivity (Wildman–Crippen MR) is 93.9 cm³/mol. The number of anilines is 1. The van der Waals surface area contributed by atoms with Crippen molar-refractivity contribution < 1.29 is 4.92 Å². The van der Waals surface area contributed by atoms with Crippen LogP contribution in [0.4, 0.5) is 10.7 Å². The maximum atomic E-state index is 10.8. The van der Waals surface area contributed by atoms with E-state index in [-0.39, 0.29) is 16.1 Å². The van der Waals surface area contributed by atoms with Gasteiger partial charge >= 0.3 is 0 Å². The molecule has 0 aliphatic heterocycles. The molecular formula is C15H19N3O2S2. The highest BCUT2D eigenvalue weighted by Gasteiger charge is 2.15. The molecule has 2 rings (SSSR count). The van der Waals surface area contributed by atoms with Gasteiger partial charge in [-0.2, -0.15) is 0 Å². The molecule has 118 valence electrons. The largest absolute Gasteiger partial charge is 0.368 e. The summed E-state index contributed by atoms with van der Waals surface area (Å²) >= 11 is 3.27. The third kappa shape index (κ3) is 3.92. The molecule has 0 N–H and O–H groups in total. The zero-order valence-corrected chi connectivity index (χ0v) is 14.9. The van der Waals surface area contributed by atoms with Gasteiger partial charge in [-0.15, -0.1) is 11.3 Å². The zero-order chi connectivity index (χ0) is 16.5. The van der Waals surface area contributed by atoms with Crippen LogP contribution >= 0.6 is 22.7 Å². The van der Waals surface area contributed by atoms with E-state index in [4.69, 9.17) is 4.99 Å². The first kappa shape index (κ1) is 16.6. The van der Waals surface area contributed by atoms with Gasteiger partial charge in [0.05, 0.1) is 15.3 Å². The Balaban J connectivity index is 2.54. The highest BCUT2D eigenvalue weighted by molar-refractivity contribution is 7.32. The fraction of sp³-hybridized carbons (Fsp3) is 0.400. The van der Waals surface area contributed by atoms with E-state index in [1.54, 1.807) is 46.9 Å². The summed E-state index contributed by atoms with van der Waals surface area (Å²) in [4.78, 5) is 18.3. The van der Waals surface area contributed by atoms with E-state index in [0.29, 0.717) is 0 Å². The Morgan fingerprint density at radius 3 is 2.18 bits per heavy atom. The van der Waals surface area contributed by atoms with Crippen LogP contribution in [0.1, 0.15) is 20.8 Å². The summed E-state index contributed by atoms with van der Waals surface area (Å²) in [6.07, 6.45) is 0. The van der Waals surface area contributed by atoms with Crippen LogP contribution in [-0.4, -0.2) is 24.6 Å². The van der Waals surface area contributed by atoms with Crippen molar-refractivity contribution in [1.82, 2.24) is 0 Å². The van der Waals surface area contributed by atoms with Crippen molar-refractivity contribution in [3.63, 3.8) is 0 Å². The van der Waals surface area contributed by atoms with Crippen LogP contribution in [0.3, 0.4) is 0 Å². The van der Waals surface area contributed by atoms with Crippen LogP contribution in [0.5, 0.6) is 0 Å². The number of nitro benzene ring substituents is 1.